The van der Waals surface area contributed by atoms with Gasteiger partial charge >= 0.3 is 12.0 Å². The van der Waals surface area contributed by atoms with Crippen LogP contribution in [0, 0.1) is 6.92 Å². The van der Waals surface area contributed by atoms with E-state index in [-0.39, 0.29) is 0 Å². The van der Waals surface area contributed by atoms with Gasteiger partial charge < -0.3 is 20.5 Å². The van der Waals surface area contributed by atoms with Crippen molar-refractivity contribution in [1.82, 2.24) is 5.32 Å². The Morgan fingerprint density at radius 2 is 2.11 bits per heavy atom. The first-order valence-electron chi connectivity index (χ1n) is 5.53. The fourth-order valence-corrected chi connectivity index (χ4v) is 1.38. The van der Waals surface area contributed by atoms with Crippen LogP contribution < -0.4 is 15.4 Å². The number of hydrogen-bond donors (Lipinski definition) is 3. The van der Waals surface area contributed by atoms with Crippen LogP contribution in [-0.4, -0.2) is 30.3 Å². The van der Waals surface area contributed by atoms with Gasteiger partial charge in [0.1, 0.15) is 12.3 Å². The highest BCUT2D eigenvalue weighted by molar-refractivity contribution is 5.91. The van der Waals surface area contributed by atoms with Crippen molar-refractivity contribution >= 4 is 17.7 Å². The molecule has 1 aromatic carbocycles. The van der Waals surface area contributed by atoms with E-state index in [9.17, 15) is 9.59 Å². The molecule has 0 saturated carbocycles. The van der Waals surface area contributed by atoms with Gasteiger partial charge in [-0.2, -0.15) is 0 Å². The zero-order valence-corrected chi connectivity index (χ0v) is 10.3. The van der Waals surface area contributed by atoms with Gasteiger partial charge in [0.05, 0.1) is 6.61 Å². The Labute approximate surface area is 105 Å². The van der Waals surface area contributed by atoms with Crippen molar-refractivity contribution in [2.45, 2.75) is 13.8 Å². The number of carbonyl (C=O) groups excluding carboxylic acids is 1. The SMILES string of the molecule is CCOc1ccc(NC(=O)NCC(=O)O)cc1C. The van der Waals surface area contributed by atoms with Crippen LogP contribution in [0.4, 0.5) is 10.5 Å². The Balaban J connectivity index is 2.60. The van der Waals surface area contributed by atoms with E-state index in [1.54, 1.807) is 18.2 Å². The number of carboxylic acid groups (broad SMARTS) is 1. The van der Waals surface area contributed by atoms with Crippen molar-refractivity contribution in [3.63, 3.8) is 0 Å². The van der Waals surface area contributed by atoms with E-state index in [0.717, 1.165) is 11.3 Å². The van der Waals surface area contributed by atoms with E-state index in [2.05, 4.69) is 10.6 Å². The van der Waals surface area contributed by atoms with Gasteiger partial charge in [-0.25, -0.2) is 4.79 Å². The fraction of sp³-hybridized carbons (Fsp3) is 0.333. The van der Waals surface area contributed by atoms with Gasteiger partial charge in [0, 0.05) is 5.69 Å². The summed E-state index contributed by atoms with van der Waals surface area (Å²) in [5.74, 6) is -0.331. The second-order valence-corrected chi connectivity index (χ2v) is 3.61. The number of carbonyl (C=O) groups is 2. The zero-order valence-electron chi connectivity index (χ0n) is 10.3. The minimum Gasteiger partial charge on any atom is -0.494 e. The van der Waals surface area contributed by atoms with Gasteiger partial charge in [-0.05, 0) is 37.6 Å². The van der Waals surface area contributed by atoms with Crippen LogP contribution >= 0.6 is 0 Å². The first-order valence-corrected chi connectivity index (χ1v) is 5.53. The molecule has 0 aliphatic rings. The largest absolute Gasteiger partial charge is 0.494 e. The molecule has 0 unspecified atom stereocenters. The highest BCUT2D eigenvalue weighted by Crippen LogP contribution is 2.21. The average molecular weight is 252 g/mol. The number of anilines is 1. The molecule has 98 valence electrons. The van der Waals surface area contributed by atoms with Crippen molar-refractivity contribution in [2.75, 3.05) is 18.5 Å². The lowest BCUT2D eigenvalue weighted by Gasteiger charge is -2.10. The normalized spacial score (nSPS) is 9.67. The van der Waals surface area contributed by atoms with E-state index < -0.39 is 18.5 Å². The molecule has 0 saturated heterocycles. The molecular formula is C12H16N2O4. The third kappa shape index (κ3) is 4.32. The summed E-state index contributed by atoms with van der Waals surface area (Å²) in [5.41, 5.74) is 1.48. The molecule has 18 heavy (non-hydrogen) atoms. The van der Waals surface area contributed by atoms with Crippen LogP contribution in [-0.2, 0) is 4.79 Å². The summed E-state index contributed by atoms with van der Waals surface area (Å²) in [6, 6.07) is 4.65. The molecule has 6 nitrogen and oxygen atoms in total. The van der Waals surface area contributed by atoms with Gasteiger partial charge in [-0.3, -0.25) is 4.79 Å². The number of urea groups is 1. The molecule has 6 heteroatoms. The maximum Gasteiger partial charge on any atom is 0.323 e. The van der Waals surface area contributed by atoms with Gasteiger partial charge in [0.25, 0.3) is 0 Å². The predicted molar refractivity (Wildman–Crippen MR) is 67.0 cm³/mol. The summed E-state index contributed by atoms with van der Waals surface area (Å²) in [4.78, 5) is 21.6. The van der Waals surface area contributed by atoms with Gasteiger partial charge in [0.2, 0.25) is 0 Å². The lowest BCUT2D eigenvalue weighted by atomic mass is 10.2. The van der Waals surface area contributed by atoms with Crippen LogP contribution in [0.15, 0.2) is 18.2 Å². The second kappa shape index (κ2) is 6.48. The molecular weight excluding hydrogens is 236 g/mol. The molecule has 0 aliphatic carbocycles. The van der Waals surface area contributed by atoms with E-state index in [0.29, 0.717) is 12.3 Å². The molecule has 0 fully saturated rings. The molecule has 0 spiro atoms. The minimum absolute atomic E-state index is 0.415. The van der Waals surface area contributed by atoms with E-state index >= 15 is 0 Å². The third-order valence-electron chi connectivity index (χ3n) is 2.13. The number of rotatable bonds is 5. The summed E-state index contributed by atoms with van der Waals surface area (Å²) in [6.45, 7) is 3.92. The molecule has 0 aliphatic heterocycles. The molecule has 1 rings (SSSR count). The molecule has 0 bridgehead atoms. The molecule has 3 N–H and O–H groups in total. The zero-order chi connectivity index (χ0) is 13.5. The summed E-state index contributed by atoms with van der Waals surface area (Å²) >= 11 is 0. The Kier molecular flexibility index (Phi) is 4.98. The quantitative estimate of drug-likeness (QED) is 0.742. The number of aliphatic carboxylic acids is 1. The van der Waals surface area contributed by atoms with Gasteiger partial charge in [0.15, 0.2) is 0 Å². The minimum atomic E-state index is -1.09. The van der Waals surface area contributed by atoms with Crippen LogP contribution in [0.3, 0.4) is 0 Å². The average Bonchev–Trinajstić information content (AvgIpc) is 2.30. The number of ether oxygens (including phenoxy) is 1. The van der Waals surface area contributed by atoms with Crippen molar-refractivity contribution < 1.29 is 19.4 Å². The van der Waals surface area contributed by atoms with Gasteiger partial charge in [-0.1, -0.05) is 0 Å². The maximum atomic E-state index is 11.3. The van der Waals surface area contributed by atoms with E-state index in [1.807, 2.05) is 13.8 Å². The topological polar surface area (TPSA) is 87.7 Å². The Morgan fingerprint density at radius 3 is 2.67 bits per heavy atom. The fourth-order valence-electron chi connectivity index (χ4n) is 1.38. The monoisotopic (exact) mass is 252 g/mol. The lowest BCUT2D eigenvalue weighted by Crippen LogP contribution is -2.33. The maximum absolute atomic E-state index is 11.3. The van der Waals surface area contributed by atoms with Crippen molar-refractivity contribution in [1.29, 1.82) is 0 Å². The highest BCUT2D eigenvalue weighted by atomic mass is 16.5. The lowest BCUT2D eigenvalue weighted by molar-refractivity contribution is -0.135. The Morgan fingerprint density at radius 1 is 1.39 bits per heavy atom. The first kappa shape index (κ1) is 13.8. The van der Waals surface area contributed by atoms with Crippen LogP contribution in [0.2, 0.25) is 0 Å². The Hall–Kier alpha value is -2.24. The van der Waals surface area contributed by atoms with Crippen LogP contribution in [0.25, 0.3) is 0 Å². The molecule has 0 aromatic heterocycles. The number of nitrogens with one attached hydrogen (secondary N) is 2. The van der Waals surface area contributed by atoms with Crippen LogP contribution in [0.5, 0.6) is 5.75 Å². The predicted octanol–water partition coefficient (Wildman–Crippen LogP) is 1.60. The van der Waals surface area contributed by atoms with Crippen molar-refractivity contribution in [3.05, 3.63) is 23.8 Å². The molecule has 1 aromatic rings. The number of hydrogen-bond acceptors (Lipinski definition) is 3. The standard InChI is InChI=1S/C12H16N2O4/c1-3-18-10-5-4-9(6-8(10)2)14-12(17)13-7-11(15)16/h4-6H,3,7H2,1-2H3,(H,15,16)(H2,13,14,17). The van der Waals surface area contributed by atoms with E-state index in [4.69, 9.17) is 9.84 Å². The third-order valence-corrected chi connectivity index (χ3v) is 2.13. The van der Waals surface area contributed by atoms with Gasteiger partial charge in [-0.15, -0.1) is 0 Å². The second-order valence-electron chi connectivity index (χ2n) is 3.61. The number of benzene rings is 1. The van der Waals surface area contributed by atoms with Crippen molar-refractivity contribution in [2.24, 2.45) is 0 Å². The summed E-state index contributed by atoms with van der Waals surface area (Å²) in [7, 11) is 0. The molecule has 0 radical (unpaired) electrons. The van der Waals surface area contributed by atoms with Crippen LogP contribution in [0.1, 0.15) is 12.5 Å². The molecule has 2 amide bonds. The number of aryl methyl sites for hydroxylation is 1. The summed E-state index contributed by atoms with van der Waals surface area (Å²) < 4.78 is 5.37. The number of amides is 2. The summed E-state index contributed by atoms with van der Waals surface area (Å²) in [5, 5.41) is 13.2. The Bertz CT molecular complexity index is 446. The van der Waals surface area contributed by atoms with E-state index in [1.165, 1.54) is 0 Å². The number of carboxylic acids is 1. The highest BCUT2D eigenvalue weighted by Gasteiger charge is 2.05. The summed E-state index contributed by atoms with van der Waals surface area (Å²) in [6.07, 6.45) is 0. The molecule has 0 atom stereocenters. The smallest absolute Gasteiger partial charge is 0.323 e. The first-order chi connectivity index (χ1) is 8.52. The van der Waals surface area contributed by atoms with Crippen molar-refractivity contribution in [3.8, 4) is 5.75 Å². The molecule has 0 heterocycles.